The Morgan fingerprint density at radius 1 is 1.10 bits per heavy atom. The summed E-state index contributed by atoms with van der Waals surface area (Å²) < 4.78 is 42.5. The van der Waals surface area contributed by atoms with E-state index in [0.717, 1.165) is 5.56 Å². The zero-order valence-electron chi connectivity index (χ0n) is 21.2. The van der Waals surface area contributed by atoms with Gasteiger partial charge in [-0.3, -0.25) is 9.69 Å². The van der Waals surface area contributed by atoms with Gasteiger partial charge in [-0.05, 0) is 54.4 Å². The normalized spacial score (nSPS) is 14.7. The SMILES string of the molecule is Cc1ccccc1N1C(=O)CS/C1=N\C(=O)N/N=C/c1cccc(-c2ncn(-c3ccc(OC(F)(F)F)cc3)n2)c1. The van der Waals surface area contributed by atoms with Crippen molar-refractivity contribution in [3.05, 3.63) is 90.3 Å². The maximum Gasteiger partial charge on any atom is 0.573 e. The Kier molecular flexibility index (Phi) is 7.83. The summed E-state index contributed by atoms with van der Waals surface area (Å²) in [5.41, 5.74) is 5.65. The molecule has 1 aliphatic heterocycles. The third-order valence-corrected chi connectivity index (χ3v) is 6.59. The maximum atomic E-state index is 12.4. The molecule has 208 valence electrons. The number of anilines is 1. The minimum atomic E-state index is -4.77. The van der Waals surface area contributed by atoms with E-state index in [1.807, 2.05) is 25.1 Å². The van der Waals surface area contributed by atoms with Gasteiger partial charge < -0.3 is 4.74 Å². The van der Waals surface area contributed by atoms with Gasteiger partial charge in [0.05, 0.1) is 23.3 Å². The van der Waals surface area contributed by atoms with E-state index in [-0.39, 0.29) is 22.6 Å². The van der Waals surface area contributed by atoms with Crippen molar-refractivity contribution in [2.45, 2.75) is 13.3 Å². The molecule has 3 amide bonds. The summed E-state index contributed by atoms with van der Waals surface area (Å²) in [6, 6.07) is 18.8. The highest BCUT2D eigenvalue weighted by Gasteiger charge is 2.32. The lowest BCUT2D eigenvalue weighted by molar-refractivity contribution is -0.274. The van der Waals surface area contributed by atoms with Crippen LogP contribution in [0.3, 0.4) is 0 Å². The van der Waals surface area contributed by atoms with Crippen molar-refractivity contribution in [1.82, 2.24) is 20.2 Å². The number of thioether (sulfide) groups is 1. The van der Waals surface area contributed by atoms with Crippen molar-refractivity contribution in [1.29, 1.82) is 0 Å². The molecule has 1 N–H and O–H groups in total. The molecule has 3 aromatic carbocycles. The van der Waals surface area contributed by atoms with Crippen molar-refractivity contribution in [2.75, 3.05) is 10.7 Å². The number of ether oxygens (including phenoxy) is 1. The van der Waals surface area contributed by atoms with Gasteiger partial charge in [-0.2, -0.15) is 10.1 Å². The van der Waals surface area contributed by atoms with Crippen LogP contribution in [0.25, 0.3) is 17.1 Å². The van der Waals surface area contributed by atoms with Gasteiger partial charge in [-0.1, -0.05) is 48.2 Å². The van der Waals surface area contributed by atoms with Gasteiger partial charge in [0.1, 0.15) is 12.1 Å². The monoisotopic (exact) mass is 579 g/mol. The summed E-state index contributed by atoms with van der Waals surface area (Å²) in [4.78, 5) is 34.5. The van der Waals surface area contributed by atoms with Crippen LogP contribution in [0.4, 0.5) is 23.7 Å². The summed E-state index contributed by atoms with van der Waals surface area (Å²) in [5.74, 6) is 0.0364. The van der Waals surface area contributed by atoms with E-state index in [1.165, 1.54) is 58.2 Å². The fourth-order valence-corrected chi connectivity index (χ4v) is 4.71. The molecule has 0 atom stereocenters. The quantitative estimate of drug-likeness (QED) is 0.244. The Labute approximate surface area is 235 Å². The number of halogens is 3. The summed E-state index contributed by atoms with van der Waals surface area (Å²) in [5, 5.41) is 8.61. The number of hydrogen-bond donors (Lipinski definition) is 1. The molecule has 1 aliphatic rings. The first-order valence-corrected chi connectivity index (χ1v) is 13.0. The molecule has 0 spiro atoms. The molecule has 0 aliphatic carbocycles. The van der Waals surface area contributed by atoms with Gasteiger partial charge in [0.15, 0.2) is 11.0 Å². The smallest absolute Gasteiger partial charge is 0.406 e. The summed E-state index contributed by atoms with van der Waals surface area (Å²) in [6.07, 6.45) is -1.92. The van der Waals surface area contributed by atoms with E-state index in [0.29, 0.717) is 28.3 Å². The van der Waals surface area contributed by atoms with Gasteiger partial charge in [-0.25, -0.2) is 19.9 Å². The number of carbonyl (C=O) groups is 2. The molecule has 2 heterocycles. The number of aliphatic imine (C=N–C) groups is 1. The third-order valence-electron chi connectivity index (χ3n) is 5.66. The number of aromatic nitrogens is 3. The second kappa shape index (κ2) is 11.6. The van der Waals surface area contributed by atoms with Crippen molar-refractivity contribution in [3.63, 3.8) is 0 Å². The van der Waals surface area contributed by atoms with Crippen LogP contribution in [0.5, 0.6) is 5.75 Å². The predicted molar refractivity (Wildman–Crippen MR) is 148 cm³/mol. The average Bonchev–Trinajstić information content (AvgIpc) is 3.56. The van der Waals surface area contributed by atoms with Crippen LogP contribution >= 0.6 is 11.8 Å². The number of hydrogen-bond acceptors (Lipinski definition) is 7. The Balaban J connectivity index is 1.24. The number of nitrogens with zero attached hydrogens (tertiary/aromatic N) is 6. The van der Waals surface area contributed by atoms with Crippen LogP contribution in [0.15, 0.2) is 89.2 Å². The zero-order chi connectivity index (χ0) is 29.0. The van der Waals surface area contributed by atoms with Gasteiger partial charge in [0.2, 0.25) is 5.91 Å². The van der Waals surface area contributed by atoms with Crippen LogP contribution in [-0.4, -0.2) is 50.2 Å². The lowest BCUT2D eigenvalue weighted by atomic mass is 10.1. The van der Waals surface area contributed by atoms with E-state index in [4.69, 9.17) is 0 Å². The molecular weight excluding hydrogens is 559 g/mol. The molecule has 0 radical (unpaired) electrons. The number of nitrogens with one attached hydrogen (secondary N) is 1. The summed E-state index contributed by atoms with van der Waals surface area (Å²) >= 11 is 1.17. The van der Waals surface area contributed by atoms with Crippen molar-refractivity contribution in [2.24, 2.45) is 10.1 Å². The highest BCUT2D eigenvalue weighted by molar-refractivity contribution is 8.15. The average molecular weight is 580 g/mol. The number of amidine groups is 1. The molecule has 1 fully saturated rings. The highest BCUT2D eigenvalue weighted by Crippen LogP contribution is 2.29. The molecule has 4 aromatic rings. The fraction of sp³-hybridized carbons (Fsp3) is 0.111. The molecule has 1 saturated heterocycles. The molecule has 1 aromatic heterocycles. The number of para-hydroxylation sites is 1. The Bertz CT molecular complexity index is 1650. The van der Waals surface area contributed by atoms with Crippen LogP contribution in [-0.2, 0) is 4.79 Å². The minimum absolute atomic E-state index is 0.167. The number of benzene rings is 3. The number of aryl methyl sites for hydroxylation is 1. The highest BCUT2D eigenvalue weighted by atomic mass is 32.2. The van der Waals surface area contributed by atoms with Crippen molar-refractivity contribution in [3.8, 4) is 22.8 Å². The predicted octanol–water partition coefficient (Wildman–Crippen LogP) is 5.32. The molecule has 10 nitrogen and oxygen atoms in total. The van der Waals surface area contributed by atoms with Crippen LogP contribution in [0.1, 0.15) is 11.1 Å². The van der Waals surface area contributed by atoms with E-state index < -0.39 is 12.4 Å². The van der Waals surface area contributed by atoms with Gasteiger partial charge >= 0.3 is 12.4 Å². The summed E-state index contributed by atoms with van der Waals surface area (Å²) in [6.45, 7) is 1.87. The van der Waals surface area contributed by atoms with E-state index >= 15 is 0 Å². The zero-order valence-corrected chi connectivity index (χ0v) is 22.1. The molecular formula is C27H20F3N7O3S. The van der Waals surface area contributed by atoms with Crippen LogP contribution in [0, 0.1) is 6.92 Å². The molecule has 41 heavy (non-hydrogen) atoms. The number of urea groups is 1. The van der Waals surface area contributed by atoms with Gasteiger partial charge in [0, 0.05) is 5.56 Å². The Morgan fingerprint density at radius 3 is 2.63 bits per heavy atom. The van der Waals surface area contributed by atoms with E-state index in [9.17, 15) is 22.8 Å². The van der Waals surface area contributed by atoms with Crippen molar-refractivity contribution >= 4 is 40.8 Å². The van der Waals surface area contributed by atoms with Gasteiger partial charge in [-0.15, -0.1) is 18.3 Å². The first-order valence-electron chi connectivity index (χ1n) is 12.0. The lowest BCUT2D eigenvalue weighted by Gasteiger charge is -2.17. The number of alkyl halides is 3. The largest absolute Gasteiger partial charge is 0.573 e. The molecule has 5 rings (SSSR count). The van der Waals surface area contributed by atoms with Crippen molar-refractivity contribution < 1.29 is 27.5 Å². The number of carbonyl (C=O) groups excluding carboxylic acids is 2. The minimum Gasteiger partial charge on any atom is -0.406 e. The first-order chi connectivity index (χ1) is 19.7. The number of amides is 3. The second-order valence-electron chi connectivity index (χ2n) is 8.55. The Hall–Kier alpha value is -4.98. The third kappa shape index (κ3) is 6.78. The molecule has 14 heteroatoms. The molecule has 0 unspecified atom stereocenters. The summed E-state index contributed by atoms with van der Waals surface area (Å²) in [7, 11) is 0. The molecule has 0 bridgehead atoms. The van der Waals surface area contributed by atoms with Crippen LogP contribution in [0.2, 0.25) is 0 Å². The van der Waals surface area contributed by atoms with Gasteiger partial charge in [0.25, 0.3) is 0 Å². The van der Waals surface area contributed by atoms with Crippen LogP contribution < -0.4 is 15.1 Å². The maximum absolute atomic E-state index is 12.4. The van der Waals surface area contributed by atoms with E-state index in [2.05, 4.69) is 30.3 Å². The topological polar surface area (TPSA) is 114 Å². The number of rotatable bonds is 6. The van der Waals surface area contributed by atoms with E-state index in [1.54, 1.807) is 30.3 Å². The molecule has 0 saturated carbocycles. The lowest BCUT2D eigenvalue weighted by Crippen LogP contribution is -2.31. The fourth-order valence-electron chi connectivity index (χ4n) is 3.85. The first kappa shape index (κ1) is 27.6. The second-order valence-corrected chi connectivity index (χ2v) is 9.50. The standard InChI is InChI=1S/C27H20F3N7O3S/c1-17-5-2-3-8-22(17)37-23(38)15-41-26(37)33-25(39)34-32-14-18-6-4-7-19(13-18)24-31-16-36(35-24)20-9-11-21(12-10-20)40-27(28,29)30/h2-14,16H,15H2,1H3,(H,34,39)/b32-14+,33-26-. The Morgan fingerprint density at radius 2 is 1.88 bits per heavy atom. The number of hydrazone groups is 1.